The average Bonchev–Trinajstić information content (AvgIpc) is 2.34. The molecule has 0 spiro atoms. The first-order valence-corrected chi connectivity index (χ1v) is 8.33. The maximum atomic E-state index is 12.7. The number of benzene rings is 1. The van der Waals surface area contributed by atoms with Crippen LogP contribution in [0.4, 0.5) is 11.4 Å². The van der Waals surface area contributed by atoms with Crippen molar-refractivity contribution in [1.82, 2.24) is 4.90 Å². The molecule has 130 valence electrons. The molecule has 0 aromatic heterocycles. The molecule has 0 heterocycles. The molecule has 0 saturated heterocycles. The predicted octanol–water partition coefficient (Wildman–Crippen LogP) is 3.76. The Morgan fingerprint density at radius 3 is 2.30 bits per heavy atom. The van der Waals surface area contributed by atoms with Crippen LogP contribution in [0.15, 0.2) is 18.2 Å². The van der Waals surface area contributed by atoms with Crippen molar-refractivity contribution < 1.29 is 4.79 Å². The Hall–Kier alpha value is -1.71. The lowest BCUT2D eigenvalue weighted by Gasteiger charge is -2.30. The Morgan fingerprint density at radius 1 is 1.22 bits per heavy atom. The molecule has 0 saturated carbocycles. The summed E-state index contributed by atoms with van der Waals surface area (Å²) in [6.07, 6.45) is 0.555. The molecule has 1 amide bonds. The fourth-order valence-electron chi connectivity index (χ4n) is 2.63. The largest absolute Gasteiger partial charge is 0.399 e. The van der Waals surface area contributed by atoms with E-state index in [0.717, 1.165) is 23.5 Å². The summed E-state index contributed by atoms with van der Waals surface area (Å²) in [5.41, 5.74) is 8.89. The summed E-state index contributed by atoms with van der Waals surface area (Å²) in [6.45, 7) is 12.0. The lowest BCUT2D eigenvalue weighted by molar-refractivity contribution is -0.134. The molecule has 1 rings (SSSR count). The van der Waals surface area contributed by atoms with Gasteiger partial charge >= 0.3 is 0 Å². The van der Waals surface area contributed by atoms with Gasteiger partial charge in [0.15, 0.2) is 0 Å². The molecule has 23 heavy (non-hydrogen) atoms. The Morgan fingerprint density at radius 2 is 1.83 bits per heavy atom. The third-order valence-electron chi connectivity index (χ3n) is 3.57. The van der Waals surface area contributed by atoms with Crippen molar-refractivity contribution in [2.24, 2.45) is 11.3 Å². The zero-order valence-corrected chi connectivity index (χ0v) is 15.8. The van der Waals surface area contributed by atoms with Crippen LogP contribution in [0.25, 0.3) is 0 Å². The summed E-state index contributed by atoms with van der Waals surface area (Å²) in [6, 6.07) is 5.90. The lowest BCUT2D eigenvalue weighted by Crippen LogP contribution is -2.36. The number of nitrogen functional groups attached to an aromatic ring is 1. The minimum absolute atomic E-state index is 0.00753. The number of nitrogens with zero attached hydrogens (tertiary/aromatic N) is 2. The molecule has 1 aromatic carbocycles. The minimum Gasteiger partial charge on any atom is -0.399 e. The maximum Gasteiger partial charge on any atom is 0.223 e. The van der Waals surface area contributed by atoms with Crippen molar-refractivity contribution in [2.75, 3.05) is 31.3 Å². The zero-order chi connectivity index (χ0) is 17.8. The Kier molecular flexibility index (Phi) is 6.48. The Balaban J connectivity index is 3.06. The first kappa shape index (κ1) is 19.3. The van der Waals surface area contributed by atoms with Gasteiger partial charge in [-0.25, -0.2) is 0 Å². The van der Waals surface area contributed by atoms with Gasteiger partial charge in [-0.2, -0.15) is 0 Å². The van der Waals surface area contributed by atoms with Crippen LogP contribution in [0.2, 0.25) is 0 Å². The number of hydrogen-bond acceptors (Lipinski definition) is 3. The highest BCUT2D eigenvalue weighted by Crippen LogP contribution is 2.26. The summed E-state index contributed by atoms with van der Waals surface area (Å²) < 4.78 is 0. The second kappa shape index (κ2) is 7.71. The topological polar surface area (TPSA) is 49.6 Å². The molecule has 0 fully saturated rings. The smallest absolute Gasteiger partial charge is 0.223 e. The summed E-state index contributed by atoms with van der Waals surface area (Å²) in [4.78, 5) is 16.8. The van der Waals surface area contributed by atoms with Crippen molar-refractivity contribution in [3.63, 3.8) is 0 Å². The van der Waals surface area contributed by atoms with E-state index in [2.05, 4.69) is 39.5 Å². The van der Waals surface area contributed by atoms with Crippen LogP contribution in [0.1, 0.15) is 46.6 Å². The van der Waals surface area contributed by atoms with Gasteiger partial charge in [-0.15, -0.1) is 0 Å². The fraction of sp³-hybridized carbons (Fsp3) is 0.632. The third-order valence-corrected chi connectivity index (χ3v) is 3.57. The standard InChI is InChI=1S/C19H33N3O/c1-14(2)12-22(18(23)11-19(3,4)5)13-15-10-16(20)8-9-17(15)21(6)7/h8-10,14H,11-13,20H2,1-7H3. The molecule has 0 bridgehead atoms. The molecule has 4 heteroatoms. The van der Waals surface area contributed by atoms with Gasteiger partial charge in [0.05, 0.1) is 0 Å². The fourth-order valence-corrected chi connectivity index (χ4v) is 2.63. The number of anilines is 2. The maximum absolute atomic E-state index is 12.7. The van der Waals surface area contributed by atoms with Crippen LogP contribution in [0.3, 0.4) is 0 Å². The first-order valence-electron chi connectivity index (χ1n) is 8.33. The van der Waals surface area contributed by atoms with E-state index in [1.807, 2.05) is 37.2 Å². The van der Waals surface area contributed by atoms with Gasteiger partial charge in [0, 0.05) is 45.0 Å². The average molecular weight is 319 g/mol. The summed E-state index contributed by atoms with van der Waals surface area (Å²) >= 11 is 0. The number of carbonyl (C=O) groups is 1. The van der Waals surface area contributed by atoms with Gasteiger partial charge in [0.2, 0.25) is 5.91 Å². The van der Waals surface area contributed by atoms with Gasteiger partial charge in [0.25, 0.3) is 0 Å². The minimum atomic E-state index is -0.00753. The normalized spacial score (nSPS) is 11.7. The summed E-state index contributed by atoms with van der Waals surface area (Å²) in [5, 5.41) is 0. The van der Waals surface area contributed by atoms with Crippen LogP contribution in [-0.4, -0.2) is 31.4 Å². The highest BCUT2D eigenvalue weighted by Gasteiger charge is 2.23. The van der Waals surface area contributed by atoms with E-state index in [1.54, 1.807) is 0 Å². The van der Waals surface area contributed by atoms with Crippen molar-refractivity contribution in [2.45, 2.75) is 47.6 Å². The molecule has 4 nitrogen and oxygen atoms in total. The van der Waals surface area contributed by atoms with Gasteiger partial charge < -0.3 is 15.5 Å². The highest BCUT2D eigenvalue weighted by atomic mass is 16.2. The van der Waals surface area contributed by atoms with Crippen LogP contribution in [0.5, 0.6) is 0 Å². The molecule has 0 aliphatic carbocycles. The van der Waals surface area contributed by atoms with Gasteiger partial charge in [-0.05, 0) is 35.1 Å². The number of rotatable bonds is 6. The number of amides is 1. The van der Waals surface area contributed by atoms with E-state index in [0.29, 0.717) is 18.9 Å². The van der Waals surface area contributed by atoms with E-state index in [4.69, 9.17) is 5.73 Å². The Bertz CT molecular complexity index is 530. The van der Waals surface area contributed by atoms with Crippen molar-refractivity contribution in [3.05, 3.63) is 23.8 Å². The summed E-state index contributed by atoms with van der Waals surface area (Å²) in [5.74, 6) is 0.640. The van der Waals surface area contributed by atoms with E-state index >= 15 is 0 Å². The van der Waals surface area contributed by atoms with Crippen molar-refractivity contribution in [1.29, 1.82) is 0 Å². The van der Waals surface area contributed by atoms with Crippen LogP contribution < -0.4 is 10.6 Å². The number of nitrogens with two attached hydrogens (primary N) is 1. The quantitative estimate of drug-likeness (QED) is 0.812. The SMILES string of the molecule is CC(C)CN(Cc1cc(N)ccc1N(C)C)C(=O)CC(C)(C)C. The second-order valence-corrected chi connectivity index (χ2v) is 8.19. The molecule has 0 aliphatic heterocycles. The lowest BCUT2D eigenvalue weighted by atomic mass is 9.91. The van der Waals surface area contributed by atoms with Crippen LogP contribution >= 0.6 is 0 Å². The Labute approximate surface area is 141 Å². The molecule has 0 radical (unpaired) electrons. The molecule has 0 aliphatic rings. The van der Waals surface area contributed by atoms with Crippen LogP contribution in [0, 0.1) is 11.3 Å². The molecule has 0 unspecified atom stereocenters. The van der Waals surface area contributed by atoms with Gasteiger partial charge in [0.1, 0.15) is 0 Å². The predicted molar refractivity (Wildman–Crippen MR) is 99.5 cm³/mol. The van der Waals surface area contributed by atoms with Gasteiger partial charge in [-0.3, -0.25) is 4.79 Å². The van der Waals surface area contributed by atoms with E-state index in [9.17, 15) is 4.79 Å². The molecule has 2 N–H and O–H groups in total. The zero-order valence-electron chi connectivity index (χ0n) is 15.8. The third kappa shape index (κ3) is 6.51. The van der Waals surface area contributed by atoms with Crippen molar-refractivity contribution in [3.8, 4) is 0 Å². The van der Waals surface area contributed by atoms with E-state index in [-0.39, 0.29) is 11.3 Å². The molecular weight excluding hydrogens is 286 g/mol. The van der Waals surface area contributed by atoms with Gasteiger partial charge in [-0.1, -0.05) is 34.6 Å². The van der Waals surface area contributed by atoms with Crippen LogP contribution in [-0.2, 0) is 11.3 Å². The summed E-state index contributed by atoms with van der Waals surface area (Å²) in [7, 11) is 4.03. The van der Waals surface area contributed by atoms with E-state index < -0.39 is 0 Å². The van der Waals surface area contributed by atoms with Crippen molar-refractivity contribution >= 4 is 17.3 Å². The number of carbonyl (C=O) groups excluding carboxylic acids is 1. The van der Waals surface area contributed by atoms with E-state index in [1.165, 1.54) is 0 Å². The second-order valence-electron chi connectivity index (χ2n) is 8.19. The number of hydrogen-bond donors (Lipinski definition) is 1. The molecule has 0 atom stereocenters. The molecule has 1 aromatic rings. The molecular formula is C19H33N3O. The first-order chi connectivity index (χ1) is 10.5. The monoisotopic (exact) mass is 319 g/mol. The highest BCUT2D eigenvalue weighted by molar-refractivity contribution is 5.77.